The summed E-state index contributed by atoms with van der Waals surface area (Å²) in [5, 5.41) is 2.11. The van der Waals surface area contributed by atoms with Gasteiger partial charge in [-0.3, -0.25) is 10.1 Å². The maximum Gasteiger partial charge on any atom is 0.414 e. The topological polar surface area (TPSA) is 81.7 Å². The van der Waals surface area contributed by atoms with E-state index in [0.717, 1.165) is 0 Å². The first-order chi connectivity index (χ1) is 7.86. The molecule has 1 unspecified atom stereocenters. The third kappa shape index (κ3) is 3.44. The van der Waals surface area contributed by atoms with E-state index < -0.39 is 29.5 Å². The van der Waals surface area contributed by atoms with Crippen molar-refractivity contribution in [1.29, 1.82) is 0 Å². The van der Waals surface area contributed by atoms with Gasteiger partial charge in [0.25, 0.3) is 0 Å². The summed E-state index contributed by atoms with van der Waals surface area (Å²) in [5.41, 5.74) is -0.644. The van der Waals surface area contributed by atoms with E-state index in [2.05, 4.69) is 10.1 Å². The summed E-state index contributed by atoms with van der Waals surface area (Å²) in [6, 6.07) is 0. The van der Waals surface area contributed by atoms with Gasteiger partial charge in [-0.25, -0.2) is 9.59 Å². The van der Waals surface area contributed by atoms with Crippen molar-refractivity contribution in [3.8, 4) is 0 Å². The van der Waals surface area contributed by atoms with Gasteiger partial charge in [-0.1, -0.05) is 20.8 Å². The summed E-state index contributed by atoms with van der Waals surface area (Å²) in [6.45, 7) is 5.53. The minimum atomic E-state index is -0.902. The highest BCUT2D eigenvalue weighted by molar-refractivity contribution is 5.95. The van der Waals surface area contributed by atoms with Gasteiger partial charge in [0.15, 0.2) is 0 Å². The van der Waals surface area contributed by atoms with Crippen molar-refractivity contribution < 1.29 is 23.9 Å². The first-order valence-electron chi connectivity index (χ1n) is 5.55. The van der Waals surface area contributed by atoms with Crippen molar-refractivity contribution in [3.05, 3.63) is 0 Å². The molecule has 1 aliphatic heterocycles. The third-order valence-corrected chi connectivity index (χ3v) is 2.85. The largest absolute Gasteiger partial charge is 0.463 e. The smallest absolute Gasteiger partial charge is 0.414 e. The number of esters is 1. The average molecular weight is 243 g/mol. The molecule has 1 rings (SSSR count). The predicted molar refractivity (Wildman–Crippen MR) is 58.1 cm³/mol. The molecule has 1 saturated heterocycles. The number of amides is 2. The van der Waals surface area contributed by atoms with Gasteiger partial charge >= 0.3 is 12.1 Å². The Morgan fingerprint density at radius 1 is 1.53 bits per heavy atom. The van der Waals surface area contributed by atoms with E-state index in [9.17, 15) is 14.4 Å². The highest BCUT2D eigenvalue weighted by atomic mass is 16.6. The van der Waals surface area contributed by atoms with E-state index in [1.807, 2.05) is 6.92 Å². The number of nitrogens with one attached hydrogen (secondary N) is 1. The van der Waals surface area contributed by atoms with Crippen LogP contribution in [0.5, 0.6) is 0 Å². The predicted octanol–water partition coefficient (Wildman–Crippen LogP) is 0.991. The molecule has 0 aromatic carbocycles. The Hall–Kier alpha value is -1.59. The van der Waals surface area contributed by atoms with Crippen LogP contribution in [-0.2, 0) is 19.1 Å². The molecule has 0 aromatic rings. The van der Waals surface area contributed by atoms with Crippen molar-refractivity contribution >= 4 is 18.0 Å². The number of cyclic esters (lactones) is 1. The lowest BCUT2D eigenvalue weighted by Gasteiger charge is -2.20. The SMILES string of the molecule is CCC(C)(C)C(=O)NC(=O)OC1CCOC1=O. The molecule has 0 aromatic heterocycles. The van der Waals surface area contributed by atoms with Crippen molar-refractivity contribution in [2.45, 2.75) is 39.7 Å². The molecule has 1 N–H and O–H groups in total. The normalized spacial score (nSPS) is 19.7. The molecule has 2 amide bonds. The van der Waals surface area contributed by atoms with Gasteiger partial charge in [0.05, 0.1) is 6.61 Å². The zero-order valence-corrected chi connectivity index (χ0v) is 10.2. The van der Waals surface area contributed by atoms with Crippen molar-refractivity contribution in [3.63, 3.8) is 0 Å². The van der Waals surface area contributed by atoms with Crippen LogP contribution in [0.25, 0.3) is 0 Å². The van der Waals surface area contributed by atoms with Crippen LogP contribution in [-0.4, -0.2) is 30.7 Å². The van der Waals surface area contributed by atoms with Crippen LogP contribution >= 0.6 is 0 Å². The monoisotopic (exact) mass is 243 g/mol. The molecule has 1 heterocycles. The highest BCUT2D eigenvalue weighted by Gasteiger charge is 2.32. The fourth-order valence-corrected chi connectivity index (χ4v) is 1.17. The summed E-state index contributed by atoms with van der Waals surface area (Å²) < 4.78 is 9.42. The van der Waals surface area contributed by atoms with Crippen LogP contribution in [0.4, 0.5) is 4.79 Å². The molecule has 6 nitrogen and oxygen atoms in total. The third-order valence-electron chi connectivity index (χ3n) is 2.85. The van der Waals surface area contributed by atoms with E-state index in [-0.39, 0.29) is 6.61 Å². The molecule has 1 aliphatic rings. The zero-order valence-electron chi connectivity index (χ0n) is 10.2. The first-order valence-corrected chi connectivity index (χ1v) is 5.55. The molecule has 0 bridgehead atoms. The summed E-state index contributed by atoms with van der Waals surface area (Å²) in [4.78, 5) is 34.0. The lowest BCUT2D eigenvalue weighted by Crippen LogP contribution is -2.42. The lowest BCUT2D eigenvalue weighted by molar-refractivity contribution is -0.145. The quantitative estimate of drug-likeness (QED) is 0.747. The molecule has 1 fully saturated rings. The number of imide groups is 1. The number of carbonyl (C=O) groups is 3. The number of hydrogen-bond acceptors (Lipinski definition) is 5. The second-order valence-electron chi connectivity index (χ2n) is 4.54. The molecule has 0 aliphatic carbocycles. The summed E-state index contributed by atoms with van der Waals surface area (Å²) >= 11 is 0. The second-order valence-corrected chi connectivity index (χ2v) is 4.54. The van der Waals surface area contributed by atoms with Gasteiger partial charge in [0.2, 0.25) is 12.0 Å². The fourth-order valence-electron chi connectivity index (χ4n) is 1.17. The van der Waals surface area contributed by atoms with Crippen LogP contribution in [0.3, 0.4) is 0 Å². The molecule has 0 saturated carbocycles. The second kappa shape index (κ2) is 5.16. The average Bonchev–Trinajstić information content (AvgIpc) is 2.64. The minimum Gasteiger partial charge on any atom is -0.463 e. The molecule has 1 atom stereocenters. The summed E-state index contributed by atoms with van der Waals surface area (Å²) in [5.74, 6) is -0.987. The molecule has 96 valence electrons. The summed E-state index contributed by atoms with van der Waals surface area (Å²) in [6.07, 6.45) is -0.872. The Labute approximate surface area is 99.6 Å². The summed E-state index contributed by atoms with van der Waals surface area (Å²) in [7, 11) is 0. The number of ether oxygens (including phenoxy) is 2. The molecule has 0 radical (unpaired) electrons. The van der Waals surface area contributed by atoms with Gasteiger partial charge in [-0.05, 0) is 6.42 Å². The van der Waals surface area contributed by atoms with Gasteiger partial charge in [0, 0.05) is 11.8 Å². The van der Waals surface area contributed by atoms with Gasteiger partial charge < -0.3 is 9.47 Å². The molecule has 17 heavy (non-hydrogen) atoms. The van der Waals surface area contributed by atoms with Crippen LogP contribution in [0, 0.1) is 5.41 Å². The Bertz CT molecular complexity index is 337. The Balaban J connectivity index is 2.45. The number of hydrogen-bond donors (Lipinski definition) is 1. The first kappa shape index (κ1) is 13.5. The zero-order chi connectivity index (χ0) is 13.1. The molecular weight excluding hydrogens is 226 g/mol. The van der Waals surface area contributed by atoms with E-state index in [1.165, 1.54) is 0 Å². The van der Waals surface area contributed by atoms with Crippen LogP contribution in [0.1, 0.15) is 33.6 Å². The van der Waals surface area contributed by atoms with Crippen LogP contribution in [0.2, 0.25) is 0 Å². The number of carbonyl (C=O) groups excluding carboxylic acids is 3. The van der Waals surface area contributed by atoms with E-state index in [1.54, 1.807) is 13.8 Å². The minimum absolute atomic E-state index is 0.241. The molecular formula is C11H17NO5. The Morgan fingerprint density at radius 3 is 2.65 bits per heavy atom. The lowest BCUT2D eigenvalue weighted by atomic mass is 9.89. The van der Waals surface area contributed by atoms with Crippen molar-refractivity contribution in [2.24, 2.45) is 5.41 Å². The van der Waals surface area contributed by atoms with E-state index >= 15 is 0 Å². The Morgan fingerprint density at radius 2 is 2.18 bits per heavy atom. The van der Waals surface area contributed by atoms with Crippen molar-refractivity contribution in [2.75, 3.05) is 6.61 Å². The van der Waals surface area contributed by atoms with E-state index in [4.69, 9.17) is 4.74 Å². The number of alkyl carbamates (subject to hydrolysis) is 1. The van der Waals surface area contributed by atoms with Crippen molar-refractivity contribution in [1.82, 2.24) is 5.32 Å². The highest BCUT2D eigenvalue weighted by Crippen LogP contribution is 2.19. The molecule has 6 heteroatoms. The maximum absolute atomic E-state index is 11.6. The van der Waals surface area contributed by atoms with Gasteiger partial charge in [-0.15, -0.1) is 0 Å². The maximum atomic E-state index is 11.6. The van der Waals surface area contributed by atoms with Gasteiger partial charge in [-0.2, -0.15) is 0 Å². The van der Waals surface area contributed by atoms with Crippen LogP contribution in [0.15, 0.2) is 0 Å². The molecule has 0 spiro atoms. The van der Waals surface area contributed by atoms with Gasteiger partial charge in [0.1, 0.15) is 0 Å². The fraction of sp³-hybridized carbons (Fsp3) is 0.727. The number of rotatable bonds is 3. The van der Waals surface area contributed by atoms with Crippen LogP contribution < -0.4 is 5.32 Å². The standard InChI is InChI=1S/C11H17NO5/c1-4-11(2,3)9(14)12-10(15)17-7-5-6-16-8(7)13/h7H,4-6H2,1-3H3,(H,12,14,15). The van der Waals surface area contributed by atoms with E-state index in [0.29, 0.717) is 12.8 Å². The Kier molecular flexibility index (Phi) is 4.09.